The molecule has 0 rings (SSSR count). The molecule has 0 aromatic rings. The van der Waals surface area contributed by atoms with Crippen molar-refractivity contribution in [3.63, 3.8) is 0 Å². The van der Waals surface area contributed by atoms with Gasteiger partial charge in [-0.15, -0.1) is 0 Å². The number of carbonyl (C=O) groups excluding carboxylic acids is 1. The monoisotopic (exact) mass is 719 g/mol. The highest BCUT2D eigenvalue weighted by atomic mass is 31.2. The largest absolute Gasteiger partial charge is 0.756 e. The minimum Gasteiger partial charge on any atom is -0.756 e. The van der Waals surface area contributed by atoms with E-state index in [2.05, 4.69) is 92.0 Å². The number of carbonyl (C=O) groups is 1. The number of likely N-dealkylation sites (N-methyl/N-ethyl adjacent to an activating group) is 1. The van der Waals surface area contributed by atoms with E-state index >= 15 is 0 Å². The number of quaternary nitrogens is 1. The molecule has 2 unspecified atom stereocenters. The summed E-state index contributed by atoms with van der Waals surface area (Å²) in [6.07, 6.45) is 44.3. The van der Waals surface area contributed by atoms with Gasteiger partial charge in [0.1, 0.15) is 19.3 Å². The first kappa shape index (κ1) is 47.7. The Bertz CT molecular complexity index is 1070. The van der Waals surface area contributed by atoms with Crippen LogP contribution in [0.3, 0.4) is 0 Å². The van der Waals surface area contributed by atoms with Gasteiger partial charge >= 0.3 is 5.97 Å². The van der Waals surface area contributed by atoms with Gasteiger partial charge in [0.05, 0.1) is 34.4 Å². The number of phosphoric ester groups is 1. The molecule has 0 aromatic carbocycles. The van der Waals surface area contributed by atoms with Crippen molar-refractivity contribution in [1.29, 1.82) is 0 Å². The van der Waals surface area contributed by atoms with E-state index in [1.165, 1.54) is 0 Å². The van der Waals surface area contributed by atoms with Crippen molar-refractivity contribution in [2.75, 3.05) is 54.1 Å². The summed E-state index contributed by atoms with van der Waals surface area (Å²) in [5, 5.41) is 0. The van der Waals surface area contributed by atoms with Crippen LogP contribution in [0.4, 0.5) is 0 Å². The molecule has 0 aliphatic carbocycles. The Kier molecular flexibility index (Phi) is 32.2. The van der Waals surface area contributed by atoms with E-state index in [9.17, 15) is 14.3 Å². The maximum absolute atomic E-state index is 12.2. The van der Waals surface area contributed by atoms with Crippen molar-refractivity contribution in [2.45, 2.75) is 116 Å². The number of esters is 1. The highest BCUT2D eigenvalue weighted by Gasteiger charge is 2.20. The second kappa shape index (κ2) is 33.8. The highest BCUT2D eigenvalue weighted by molar-refractivity contribution is 7.45. The molecule has 0 N–H and O–H groups in total. The molecule has 0 spiro atoms. The first-order valence-electron chi connectivity index (χ1n) is 18.8. The lowest BCUT2D eigenvalue weighted by molar-refractivity contribution is -0.870. The van der Waals surface area contributed by atoms with Gasteiger partial charge in [-0.1, -0.05) is 118 Å². The fourth-order valence-electron chi connectivity index (χ4n) is 4.27. The van der Waals surface area contributed by atoms with Crippen LogP contribution < -0.4 is 4.89 Å². The van der Waals surface area contributed by atoms with E-state index in [0.29, 0.717) is 24.1 Å². The molecule has 0 heterocycles. The lowest BCUT2D eigenvalue weighted by Crippen LogP contribution is -2.37. The molecule has 0 amide bonds. The molecule has 0 aromatic heterocycles. The SMILES string of the molecule is CC/C=C\C/C=C\C/C=C\C/C=C\C/C=C\C/C=C\C/C=C\CCCCCCOCC(COP(=O)([O-])OCC[N+](C)(C)C)OC(=O)CCCC. The van der Waals surface area contributed by atoms with Crippen LogP contribution in [0.15, 0.2) is 85.1 Å². The third-order valence-electron chi connectivity index (χ3n) is 7.21. The van der Waals surface area contributed by atoms with Gasteiger partial charge in [-0.25, -0.2) is 0 Å². The van der Waals surface area contributed by atoms with E-state index in [1.54, 1.807) is 0 Å². The molecule has 0 aliphatic heterocycles. The van der Waals surface area contributed by atoms with Crippen LogP contribution in [-0.4, -0.2) is 70.7 Å². The number of unbranched alkanes of at least 4 members (excludes halogenated alkanes) is 5. The van der Waals surface area contributed by atoms with Crippen LogP contribution in [0.5, 0.6) is 0 Å². The summed E-state index contributed by atoms with van der Waals surface area (Å²) in [5.41, 5.74) is 0. The Morgan fingerprint density at radius 1 is 0.640 bits per heavy atom. The van der Waals surface area contributed by atoms with Crippen molar-refractivity contribution in [1.82, 2.24) is 0 Å². The molecule has 8 nitrogen and oxygen atoms in total. The summed E-state index contributed by atoms with van der Waals surface area (Å²) in [4.78, 5) is 24.3. The van der Waals surface area contributed by atoms with Crippen LogP contribution >= 0.6 is 7.82 Å². The molecule has 0 aliphatic rings. The lowest BCUT2D eigenvalue weighted by atomic mass is 10.1. The second-order valence-corrected chi connectivity index (χ2v) is 14.6. The van der Waals surface area contributed by atoms with Gasteiger partial charge in [-0.2, -0.15) is 0 Å². The van der Waals surface area contributed by atoms with Gasteiger partial charge in [0.15, 0.2) is 0 Å². The molecule has 0 saturated heterocycles. The summed E-state index contributed by atoms with van der Waals surface area (Å²) in [5.74, 6) is -0.385. The molecule has 0 bridgehead atoms. The Morgan fingerprint density at radius 2 is 1.14 bits per heavy atom. The van der Waals surface area contributed by atoms with E-state index in [4.69, 9.17) is 18.5 Å². The number of ether oxygens (including phenoxy) is 2. The van der Waals surface area contributed by atoms with Gasteiger partial charge in [-0.3, -0.25) is 9.36 Å². The first-order valence-corrected chi connectivity index (χ1v) is 20.3. The average Bonchev–Trinajstić information content (AvgIpc) is 3.06. The van der Waals surface area contributed by atoms with E-state index < -0.39 is 13.9 Å². The molecular formula is C41H70NO7P. The number of allylic oxidation sites excluding steroid dienone is 14. The molecule has 50 heavy (non-hydrogen) atoms. The minimum absolute atomic E-state index is 0.0149. The maximum Gasteiger partial charge on any atom is 0.306 e. The van der Waals surface area contributed by atoms with E-state index in [1.807, 2.05) is 28.1 Å². The molecule has 0 fully saturated rings. The lowest BCUT2D eigenvalue weighted by Gasteiger charge is -2.28. The van der Waals surface area contributed by atoms with Gasteiger partial charge < -0.3 is 27.9 Å². The molecule has 9 heteroatoms. The minimum atomic E-state index is -4.51. The van der Waals surface area contributed by atoms with Crippen LogP contribution in [-0.2, 0) is 27.9 Å². The quantitative estimate of drug-likeness (QED) is 0.0219. The molecular weight excluding hydrogens is 649 g/mol. The third kappa shape index (κ3) is 36.9. The van der Waals surface area contributed by atoms with E-state index in [0.717, 1.165) is 83.5 Å². The normalized spacial score (nSPS) is 14.9. The zero-order valence-electron chi connectivity index (χ0n) is 32.1. The Hall–Kier alpha value is -2.32. The zero-order valence-corrected chi connectivity index (χ0v) is 32.9. The van der Waals surface area contributed by atoms with Gasteiger partial charge in [0, 0.05) is 13.0 Å². The number of rotatable bonds is 33. The van der Waals surface area contributed by atoms with Crippen molar-refractivity contribution >= 4 is 13.8 Å². The molecule has 2 atom stereocenters. The number of hydrogen-bond donors (Lipinski definition) is 0. The van der Waals surface area contributed by atoms with Crippen molar-refractivity contribution in [3.8, 4) is 0 Å². The molecule has 286 valence electrons. The standard InChI is InChI=1S/C41H70NO7P/c1-6-8-10-11-12-13-14-15-16-17-18-19-20-21-22-23-24-25-26-27-28-29-30-31-32-33-36-46-38-40(49-41(43)34-9-7-2)39-48-50(44,45)47-37-35-42(3,4)5/h8,10,12-13,15-16,18-19,21-22,24-25,27-28,40H,6-7,9,11,14,17,20,23,26,29-39H2,1-5H3/b10-8-,13-12-,16-15-,19-18-,22-21-,25-24-,28-27-. The van der Waals surface area contributed by atoms with Gasteiger partial charge in [-0.05, 0) is 70.6 Å². The summed E-state index contributed by atoms with van der Waals surface area (Å²) >= 11 is 0. The van der Waals surface area contributed by atoms with Crippen LogP contribution in [0.25, 0.3) is 0 Å². The van der Waals surface area contributed by atoms with E-state index in [-0.39, 0.29) is 32.2 Å². The molecule has 0 radical (unpaired) electrons. The Balaban J connectivity index is 3.99. The number of nitrogens with zero attached hydrogens (tertiary/aromatic N) is 1. The van der Waals surface area contributed by atoms with Gasteiger partial charge in [0.2, 0.25) is 0 Å². The Morgan fingerprint density at radius 3 is 1.64 bits per heavy atom. The van der Waals surface area contributed by atoms with Crippen LogP contribution in [0, 0.1) is 0 Å². The summed E-state index contributed by atoms with van der Waals surface area (Å²) < 4.78 is 33.9. The van der Waals surface area contributed by atoms with Gasteiger partial charge in [0.25, 0.3) is 7.82 Å². The van der Waals surface area contributed by atoms with Crippen molar-refractivity contribution < 1.29 is 37.3 Å². The topological polar surface area (TPSA) is 94.1 Å². The van der Waals surface area contributed by atoms with Crippen LogP contribution in [0.2, 0.25) is 0 Å². The first-order chi connectivity index (χ1) is 24.1. The summed E-state index contributed by atoms with van der Waals surface area (Å²) in [6, 6.07) is 0. The molecule has 0 saturated carbocycles. The maximum atomic E-state index is 12.2. The fraction of sp³-hybridized carbons (Fsp3) is 0.634. The van der Waals surface area contributed by atoms with Crippen molar-refractivity contribution in [3.05, 3.63) is 85.1 Å². The number of phosphoric acid groups is 1. The van der Waals surface area contributed by atoms with Crippen LogP contribution in [0.1, 0.15) is 110 Å². The van der Waals surface area contributed by atoms with Crippen molar-refractivity contribution in [2.24, 2.45) is 0 Å². The third-order valence-corrected chi connectivity index (χ3v) is 8.18. The average molecular weight is 720 g/mol. The second-order valence-electron chi connectivity index (χ2n) is 13.2. The fourth-order valence-corrected chi connectivity index (χ4v) is 4.99. The zero-order chi connectivity index (χ0) is 37.0. The number of hydrogen-bond acceptors (Lipinski definition) is 7. The Labute approximate surface area is 305 Å². The summed E-state index contributed by atoms with van der Waals surface area (Å²) in [6.45, 7) is 4.93. The summed E-state index contributed by atoms with van der Waals surface area (Å²) in [7, 11) is 1.31. The smallest absolute Gasteiger partial charge is 0.306 e. The predicted molar refractivity (Wildman–Crippen MR) is 208 cm³/mol. The predicted octanol–water partition coefficient (Wildman–Crippen LogP) is 9.91. The highest BCUT2D eigenvalue weighted by Crippen LogP contribution is 2.38.